The van der Waals surface area contributed by atoms with Crippen molar-refractivity contribution in [2.75, 3.05) is 11.9 Å². The highest BCUT2D eigenvalue weighted by Gasteiger charge is 2.30. The Balaban J connectivity index is 1.49. The number of nitrogens with zero attached hydrogens (tertiary/aromatic N) is 4. The molecule has 1 saturated carbocycles. The van der Waals surface area contributed by atoms with Crippen LogP contribution < -0.4 is 10.6 Å². The maximum atomic E-state index is 13.2. The average molecular weight is 527 g/mol. The maximum Gasteiger partial charge on any atom is 0.404 e. The standard InChI is InChI=1S/C26H38N6O4Si/c1-18(29-26(34)35)19-6-8-20(9-7-19)25(33)30-22-10-12-27-24-21(22)16-23(32-13-5-11-28-32)31(24)17-36-14-15-37(2,3)4/h5,10-13,16,18-20,29H,6-9,14-15,17H2,1-4H3,(H,34,35)(H,27,30,33). The molecule has 1 atom stereocenters. The minimum atomic E-state index is -1.21. The van der Waals surface area contributed by atoms with E-state index < -0.39 is 14.2 Å². The SMILES string of the molecule is CC(NC(=O)O)C1CCC(C(=O)Nc2ccnc3c2cc(-n2cccn2)n3COCC[Si](C)(C)C)CC1. The lowest BCUT2D eigenvalue weighted by Gasteiger charge is -2.31. The first-order valence-corrected chi connectivity index (χ1v) is 16.7. The Morgan fingerprint density at radius 2 is 1.97 bits per heavy atom. The molecule has 0 spiro atoms. The van der Waals surface area contributed by atoms with Gasteiger partial charge in [-0.15, -0.1) is 0 Å². The van der Waals surface area contributed by atoms with Gasteiger partial charge >= 0.3 is 6.09 Å². The number of pyridine rings is 1. The lowest BCUT2D eigenvalue weighted by atomic mass is 9.78. The highest BCUT2D eigenvalue weighted by atomic mass is 28.3. The van der Waals surface area contributed by atoms with Gasteiger partial charge in [0, 0.05) is 50.6 Å². The minimum absolute atomic E-state index is 0.00966. The Hall–Kier alpha value is -3.18. The lowest BCUT2D eigenvalue weighted by molar-refractivity contribution is -0.121. The fourth-order valence-corrected chi connectivity index (χ4v) is 5.69. The fourth-order valence-electron chi connectivity index (χ4n) is 4.93. The predicted octanol–water partition coefficient (Wildman–Crippen LogP) is 4.94. The van der Waals surface area contributed by atoms with E-state index in [-0.39, 0.29) is 23.8 Å². The normalized spacial score (nSPS) is 19.0. The van der Waals surface area contributed by atoms with Gasteiger partial charge in [-0.2, -0.15) is 5.10 Å². The summed E-state index contributed by atoms with van der Waals surface area (Å²) in [6.45, 7) is 9.91. The van der Waals surface area contributed by atoms with Crippen molar-refractivity contribution in [2.24, 2.45) is 11.8 Å². The monoisotopic (exact) mass is 526 g/mol. The summed E-state index contributed by atoms with van der Waals surface area (Å²) in [7, 11) is -1.21. The molecule has 1 fully saturated rings. The first-order valence-electron chi connectivity index (χ1n) is 13.0. The molecule has 1 aliphatic carbocycles. The summed E-state index contributed by atoms with van der Waals surface area (Å²) in [4.78, 5) is 28.8. The molecule has 3 aromatic rings. The van der Waals surface area contributed by atoms with Gasteiger partial charge in [0.15, 0.2) is 0 Å². The quantitative estimate of drug-likeness (QED) is 0.254. The summed E-state index contributed by atoms with van der Waals surface area (Å²) in [5.41, 5.74) is 1.45. The molecule has 3 aromatic heterocycles. The molecular formula is C26H38N6O4Si. The summed E-state index contributed by atoms with van der Waals surface area (Å²) < 4.78 is 9.83. The van der Waals surface area contributed by atoms with Gasteiger partial charge in [0.2, 0.25) is 5.91 Å². The predicted molar refractivity (Wildman–Crippen MR) is 146 cm³/mol. The second-order valence-electron chi connectivity index (χ2n) is 11.2. The lowest BCUT2D eigenvalue weighted by Crippen LogP contribution is -2.39. The molecule has 0 saturated heterocycles. The molecular weight excluding hydrogens is 488 g/mol. The summed E-state index contributed by atoms with van der Waals surface area (Å²) in [6, 6.07) is 6.64. The molecule has 1 unspecified atom stereocenters. The number of carbonyl (C=O) groups is 2. The third-order valence-electron chi connectivity index (χ3n) is 7.19. The third-order valence-corrected chi connectivity index (χ3v) is 8.89. The topological polar surface area (TPSA) is 123 Å². The van der Waals surface area contributed by atoms with E-state index in [9.17, 15) is 9.59 Å². The molecule has 3 heterocycles. The molecule has 1 aliphatic rings. The molecule has 0 radical (unpaired) electrons. The van der Waals surface area contributed by atoms with Crippen molar-refractivity contribution in [2.45, 2.75) is 71.1 Å². The highest BCUT2D eigenvalue weighted by molar-refractivity contribution is 6.76. The van der Waals surface area contributed by atoms with Gasteiger partial charge < -0.3 is 20.5 Å². The Morgan fingerprint density at radius 1 is 1.22 bits per heavy atom. The van der Waals surface area contributed by atoms with Crippen molar-refractivity contribution < 1.29 is 19.4 Å². The second-order valence-corrected chi connectivity index (χ2v) is 16.8. The van der Waals surface area contributed by atoms with Crippen molar-refractivity contribution in [1.29, 1.82) is 0 Å². The van der Waals surface area contributed by atoms with Crippen molar-refractivity contribution >= 4 is 36.8 Å². The van der Waals surface area contributed by atoms with Crippen molar-refractivity contribution in [3.05, 3.63) is 36.8 Å². The number of fused-ring (bicyclic) bond motifs is 1. The van der Waals surface area contributed by atoms with E-state index in [1.165, 1.54) is 0 Å². The van der Waals surface area contributed by atoms with Crippen LogP contribution in [0.2, 0.25) is 25.7 Å². The van der Waals surface area contributed by atoms with Gasteiger partial charge in [0.05, 0.1) is 5.69 Å². The number of anilines is 1. The first kappa shape index (κ1) is 26.9. The third kappa shape index (κ3) is 6.78. The van der Waals surface area contributed by atoms with Crippen molar-refractivity contribution in [3.63, 3.8) is 0 Å². The number of ether oxygens (including phenoxy) is 1. The molecule has 0 bridgehead atoms. The van der Waals surface area contributed by atoms with Crippen LogP contribution in [0, 0.1) is 11.8 Å². The summed E-state index contributed by atoms with van der Waals surface area (Å²) in [5.74, 6) is 0.959. The van der Waals surface area contributed by atoms with Gasteiger partial charge in [-0.25, -0.2) is 14.5 Å². The number of hydrogen-bond donors (Lipinski definition) is 3. The Morgan fingerprint density at radius 3 is 2.62 bits per heavy atom. The molecule has 11 heteroatoms. The van der Waals surface area contributed by atoms with Crippen LogP contribution >= 0.6 is 0 Å². The first-order chi connectivity index (χ1) is 17.6. The van der Waals surface area contributed by atoms with E-state index >= 15 is 0 Å². The molecule has 0 aromatic carbocycles. The number of amides is 2. The number of aromatic nitrogens is 4. The molecule has 4 rings (SSSR count). The number of carbonyl (C=O) groups excluding carboxylic acids is 1. The Bertz CT molecular complexity index is 1210. The second kappa shape index (κ2) is 11.5. The molecule has 10 nitrogen and oxygen atoms in total. The highest BCUT2D eigenvalue weighted by Crippen LogP contribution is 2.33. The van der Waals surface area contributed by atoms with Crippen molar-refractivity contribution in [3.8, 4) is 5.82 Å². The smallest absolute Gasteiger partial charge is 0.404 e. The van der Waals surface area contributed by atoms with Crippen LogP contribution in [0.15, 0.2) is 36.8 Å². The number of carboxylic acid groups (broad SMARTS) is 1. The van der Waals surface area contributed by atoms with Gasteiger partial charge in [-0.1, -0.05) is 19.6 Å². The molecule has 0 aliphatic heterocycles. The van der Waals surface area contributed by atoms with Crippen LogP contribution in [-0.2, 0) is 16.3 Å². The van der Waals surface area contributed by atoms with Gasteiger partial charge in [-0.05, 0) is 62.8 Å². The fraction of sp³-hybridized carbons (Fsp3) is 0.538. The zero-order chi connectivity index (χ0) is 26.6. The van der Waals surface area contributed by atoms with Gasteiger partial charge in [-0.3, -0.25) is 9.36 Å². The molecule has 2 amide bonds. The van der Waals surface area contributed by atoms with Crippen LogP contribution in [0.4, 0.5) is 10.5 Å². The van der Waals surface area contributed by atoms with E-state index in [1.54, 1.807) is 17.1 Å². The Kier molecular flexibility index (Phi) is 8.33. The van der Waals surface area contributed by atoms with Crippen LogP contribution in [-0.4, -0.2) is 57.2 Å². The van der Waals surface area contributed by atoms with Crippen molar-refractivity contribution in [1.82, 2.24) is 24.6 Å². The van der Waals surface area contributed by atoms with Crippen LogP contribution in [0.1, 0.15) is 32.6 Å². The average Bonchev–Trinajstić information content (AvgIpc) is 3.49. The van der Waals surface area contributed by atoms with E-state index in [1.807, 2.05) is 35.9 Å². The van der Waals surface area contributed by atoms with Gasteiger partial charge in [0.25, 0.3) is 0 Å². The molecule has 37 heavy (non-hydrogen) atoms. The zero-order valence-corrected chi connectivity index (χ0v) is 23.1. The van der Waals surface area contributed by atoms with Crippen LogP contribution in [0.25, 0.3) is 16.9 Å². The summed E-state index contributed by atoms with van der Waals surface area (Å²) in [5, 5.41) is 19.9. The zero-order valence-electron chi connectivity index (χ0n) is 22.1. The molecule has 200 valence electrons. The minimum Gasteiger partial charge on any atom is -0.465 e. The summed E-state index contributed by atoms with van der Waals surface area (Å²) >= 11 is 0. The van der Waals surface area contributed by atoms with Crippen LogP contribution in [0.3, 0.4) is 0 Å². The number of nitrogens with one attached hydrogen (secondary N) is 2. The van der Waals surface area contributed by atoms with E-state index in [4.69, 9.17) is 9.84 Å². The van der Waals surface area contributed by atoms with Gasteiger partial charge in [0.1, 0.15) is 18.2 Å². The van der Waals surface area contributed by atoms with E-state index in [2.05, 4.69) is 40.4 Å². The van der Waals surface area contributed by atoms with E-state index in [0.29, 0.717) is 19.0 Å². The van der Waals surface area contributed by atoms with Crippen LogP contribution in [0.5, 0.6) is 0 Å². The van der Waals surface area contributed by atoms with E-state index in [0.717, 1.165) is 48.6 Å². The maximum absolute atomic E-state index is 13.2. The Labute approximate surface area is 218 Å². The largest absolute Gasteiger partial charge is 0.465 e. The summed E-state index contributed by atoms with van der Waals surface area (Å²) in [6.07, 6.45) is 7.43. The molecule has 3 N–H and O–H groups in total. The number of hydrogen-bond acceptors (Lipinski definition) is 5. The number of rotatable bonds is 10.